The van der Waals surface area contributed by atoms with Crippen LogP contribution in [-0.4, -0.2) is 157 Å². The number of aliphatic hydroxyl groups is 1. The quantitative estimate of drug-likeness (QED) is 0.0308. The molecule has 22 nitrogen and oxygen atoms in total. The number of aryl methyl sites for hydroxylation is 3. The first-order chi connectivity index (χ1) is 35.6. The molecule has 76 heavy (non-hydrogen) atoms. The van der Waals surface area contributed by atoms with Crippen LogP contribution in [-0.2, 0) is 15.7 Å². The number of imidazole rings is 1. The van der Waals surface area contributed by atoms with E-state index in [2.05, 4.69) is 64.7 Å². The summed E-state index contributed by atoms with van der Waals surface area (Å²) >= 11 is 20.2. The van der Waals surface area contributed by atoms with Crippen LogP contribution < -0.4 is 77.9 Å². The second-order valence-corrected chi connectivity index (χ2v) is 19.3. The van der Waals surface area contributed by atoms with Crippen molar-refractivity contribution in [2.75, 3.05) is 16.4 Å². The fourth-order valence-electron chi connectivity index (χ4n) is 6.20. The molecule has 0 radical (unpaired) electrons. The number of aromatic carboxylic acids is 1. The van der Waals surface area contributed by atoms with Crippen molar-refractivity contribution in [1.82, 2.24) is 54.4 Å². The van der Waals surface area contributed by atoms with Gasteiger partial charge in [0.15, 0.2) is 5.78 Å². The van der Waals surface area contributed by atoms with E-state index >= 15 is 0 Å². The summed E-state index contributed by atoms with van der Waals surface area (Å²) in [6.45, 7) is 10.6. The standard InChI is InChI=1S/C15H15ClN4O.C14H12ClN5.C8H10ClN3.C6H6N2O2.C4H10O.3K.HO4P/c1-9-12(7-17-8-19-9)14(21)4-10-6-18-15(16)5-13(10)20-11-2-3-11;1-8-10(5-16-7-18-8)14-19-11-6-17-13(15)4-12(11)20(14)9-2-3-9;9-8-3-7(6(10)4-11-8)12-5-1-2-5;1-4-5(6(9)10)2-7-3-8-4;1-4(2,3)5;;;;1-4-5(2)3/h5-8,11H,2-4H2,1H3,(H,18,20);4-7,9H,2-3H2,1H3;3-5H,1-2,10H2,(H,11,12);2-3H,1H3,(H,9,10);5H,1-3H3;;;;1H/q;;;;;;;+1;/p-1. The molecule has 0 spiro atoms. The van der Waals surface area contributed by atoms with E-state index in [1.54, 1.807) is 77.9 Å². The van der Waals surface area contributed by atoms with Crippen molar-refractivity contribution in [3.8, 4) is 11.4 Å². The van der Waals surface area contributed by atoms with Gasteiger partial charge < -0.3 is 41.3 Å². The van der Waals surface area contributed by atoms with Crippen LogP contribution in [0.1, 0.15) is 109 Å². The van der Waals surface area contributed by atoms with Gasteiger partial charge in [0.25, 0.3) is 0 Å². The molecule has 7 heterocycles. The summed E-state index contributed by atoms with van der Waals surface area (Å²) in [6.07, 6.45) is 21.3. The van der Waals surface area contributed by atoms with Gasteiger partial charge in [-0.2, -0.15) is 0 Å². The third-order valence-electron chi connectivity index (χ3n) is 10.1. The number of rotatable bonds is 11. The zero-order valence-corrected chi connectivity index (χ0v) is 56.1. The number of carboxylic acid groups (broad SMARTS) is 1. The number of carboxylic acids is 1. The molecule has 3 saturated carbocycles. The number of Topliss-reactive ketones (excluding diaryl/α,β-unsaturated/α-hetero) is 1. The number of nitrogen functional groups attached to an aromatic ring is 1. The summed E-state index contributed by atoms with van der Waals surface area (Å²) < 4.78 is 13.6. The Bertz CT molecular complexity index is 3020. The van der Waals surface area contributed by atoms with Gasteiger partial charge in [0.05, 0.1) is 68.7 Å². The minimum atomic E-state index is -3.15. The summed E-state index contributed by atoms with van der Waals surface area (Å²) in [6, 6.07) is 6.98. The van der Waals surface area contributed by atoms with Crippen LogP contribution in [0.3, 0.4) is 0 Å². The van der Waals surface area contributed by atoms with E-state index in [1.807, 2.05) is 19.2 Å². The number of carbonyl (C=O) groups is 2. The number of halogens is 3. The van der Waals surface area contributed by atoms with Crippen molar-refractivity contribution in [3.05, 3.63) is 124 Å². The van der Waals surface area contributed by atoms with Gasteiger partial charge in [-0.3, -0.25) is 4.79 Å². The summed E-state index contributed by atoms with van der Waals surface area (Å²) in [5.41, 5.74) is 14.1. The molecule has 29 heteroatoms. The van der Waals surface area contributed by atoms with Crippen molar-refractivity contribution in [3.63, 3.8) is 0 Å². The van der Waals surface area contributed by atoms with Gasteiger partial charge >= 0.3 is 129 Å². The van der Waals surface area contributed by atoms with E-state index in [4.69, 9.17) is 70.4 Å². The number of ketones is 1. The number of hydrogen-bond acceptors (Lipinski definition) is 20. The Labute approximate surface area is 543 Å². The first-order valence-corrected chi connectivity index (χ1v) is 41.7. The molecule has 10 rings (SSSR count). The maximum absolute atomic E-state index is 12.4. The third kappa shape index (κ3) is 25.1. The Hall–Kier alpha value is -1.58. The van der Waals surface area contributed by atoms with E-state index in [-0.39, 0.29) is 69.2 Å². The van der Waals surface area contributed by atoms with Crippen molar-refractivity contribution in [2.24, 2.45) is 0 Å². The van der Waals surface area contributed by atoms with Crippen LogP contribution in [0, 0.1) is 20.8 Å². The molecule has 3 aliphatic carbocycles. The minimum absolute atomic E-state index is 0. The predicted octanol–water partition coefficient (Wildman–Crippen LogP) is 3.71. The molecule has 1 unspecified atom stereocenters. The van der Waals surface area contributed by atoms with Gasteiger partial charge in [-0.1, -0.05) is 34.8 Å². The van der Waals surface area contributed by atoms with E-state index in [0.29, 0.717) is 56.2 Å². The van der Waals surface area contributed by atoms with E-state index in [0.717, 1.165) is 57.9 Å². The van der Waals surface area contributed by atoms with Crippen molar-refractivity contribution in [2.45, 2.75) is 110 Å². The van der Waals surface area contributed by atoms with Crippen molar-refractivity contribution >= 4 is 146 Å². The van der Waals surface area contributed by atoms with Crippen molar-refractivity contribution in [1.29, 1.82) is 0 Å². The number of anilines is 3. The molecular weight excluding hydrogens is 1140 g/mol. The molecule has 6 N–H and O–H groups in total. The predicted molar refractivity (Wildman–Crippen MR) is 283 cm³/mol. The normalized spacial score (nSPS) is 13.2. The summed E-state index contributed by atoms with van der Waals surface area (Å²) in [7, 11) is -3.15. The molecule has 0 aliphatic heterocycles. The summed E-state index contributed by atoms with van der Waals surface area (Å²) in [5.74, 6) is -0.0983. The fourth-order valence-corrected chi connectivity index (χ4v) is 6.67. The molecule has 3 fully saturated rings. The zero-order valence-electron chi connectivity index (χ0n) is 43.5. The first kappa shape index (κ1) is 68.7. The molecule has 0 amide bonds. The van der Waals surface area contributed by atoms with E-state index < -0.39 is 19.8 Å². The Morgan fingerprint density at radius 3 is 1.70 bits per heavy atom. The Kier molecular flexibility index (Phi) is 31.3. The maximum atomic E-state index is 12.4. The molecule has 0 aromatic carbocycles. The van der Waals surface area contributed by atoms with Gasteiger partial charge in [0.1, 0.15) is 45.8 Å². The number of nitrogens with two attached hydrogens (primary N) is 1. The van der Waals surface area contributed by atoms with Gasteiger partial charge in [-0.25, -0.2) is 59.3 Å². The Balaban J connectivity index is 0.000000255. The van der Waals surface area contributed by atoms with Crippen LogP contribution >= 0.6 is 43.1 Å². The summed E-state index contributed by atoms with van der Waals surface area (Å²) in [4.78, 5) is 72.0. The second-order valence-electron chi connectivity index (χ2n) is 17.6. The number of aromatic nitrogens is 11. The molecule has 3 aliphatic rings. The van der Waals surface area contributed by atoms with Crippen LogP contribution in [0.2, 0.25) is 15.5 Å². The number of nitrogens with zero attached hydrogens (tertiary/aromatic N) is 11. The van der Waals surface area contributed by atoms with Gasteiger partial charge in [0, 0.05) is 72.7 Å². The molecule has 0 bridgehead atoms. The Morgan fingerprint density at radius 2 is 1.22 bits per heavy atom. The van der Waals surface area contributed by atoms with E-state index in [1.165, 1.54) is 108 Å². The molecule has 0 saturated heterocycles. The average Bonchev–Trinajstić information content (AvgIpc) is 4.25. The number of pyridine rings is 3. The molecule has 7 aromatic rings. The SMILES string of the molecule is CC(C)(C)O.Cc1ncncc1-c1nc2cnc(Cl)cc2n1C1CC1.Cc1ncncc1C(=O)Cc1cnc(Cl)cc1NC1CC1.Cc1ncncc1C(=O)O.Nc1cnc(Cl)cc1NC1CC1.O=[P+]([O-])O[O-].[K+].[K][K]. The van der Waals surface area contributed by atoms with Gasteiger partial charge in [0.2, 0.25) is 0 Å². The molecule has 1 atom stereocenters. The topological polar surface area (TPSA) is 331 Å². The molecular formula is C47H53Cl3K3N14O8P. The molecule has 388 valence electrons. The first-order valence-electron chi connectivity index (χ1n) is 23.5. The van der Waals surface area contributed by atoms with Crippen LogP contribution in [0.25, 0.3) is 22.4 Å². The van der Waals surface area contributed by atoms with Crippen LogP contribution in [0.4, 0.5) is 17.1 Å². The van der Waals surface area contributed by atoms with Crippen LogP contribution in [0.5, 0.6) is 0 Å². The third-order valence-corrected chi connectivity index (χ3v) is 10.8. The fraction of sp³-hybridized carbons (Fsp3) is 0.362. The monoisotopic (exact) mass is 1190 g/mol. The number of nitrogens with one attached hydrogen (secondary N) is 2. The molecule has 7 aromatic heterocycles. The van der Waals surface area contributed by atoms with Gasteiger partial charge in [-0.05, 0) is 90.7 Å². The number of hydrogen-bond donors (Lipinski definition) is 5. The summed E-state index contributed by atoms with van der Waals surface area (Å²) in [5, 5.41) is 33.6. The second kappa shape index (κ2) is 34.6. The Morgan fingerprint density at radius 1 is 0.763 bits per heavy atom. The van der Waals surface area contributed by atoms with E-state index in [9.17, 15) is 9.59 Å². The van der Waals surface area contributed by atoms with Crippen LogP contribution in [0.15, 0.2) is 74.4 Å². The zero-order chi connectivity index (χ0) is 55.4. The van der Waals surface area contributed by atoms with Crippen molar-refractivity contribution < 1.29 is 90.6 Å². The number of fused-ring (bicyclic) bond motifs is 1. The average molecular weight is 1200 g/mol. The van der Waals surface area contributed by atoms with Gasteiger partial charge in [-0.15, -0.1) is 0 Å². The number of carbonyl (C=O) groups excluding carboxylic acids is 1.